The van der Waals surface area contributed by atoms with Crippen LogP contribution in [0, 0.1) is 5.92 Å². The average molecular weight is 190 g/mol. The second-order valence-electron chi connectivity index (χ2n) is 3.69. The van der Waals surface area contributed by atoms with Gasteiger partial charge in [-0.2, -0.15) is 0 Å². The van der Waals surface area contributed by atoms with E-state index in [2.05, 4.69) is 18.7 Å². The molecule has 1 N–H and O–H groups in total. The zero-order valence-electron chi connectivity index (χ0n) is 8.69. The lowest BCUT2D eigenvalue weighted by atomic mass is 9.98. The van der Waals surface area contributed by atoms with Gasteiger partial charge >= 0.3 is 0 Å². The highest BCUT2D eigenvalue weighted by atomic mass is 16.3. The molecule has 2 atom stereocenters. The van der Waals surface area contributed by atoms with E-state index in [4.69, 9.17) is 0 Å². The summed E-state index contributed by atoms with van der Waals surface area (Å²) in [5, 5.41) is 9.71. The van der Waals surface area contributed by atoms with E-state index < -0.39 is 0 Å². The number of rotatable bonds is 5. The highest BCUT2D eigenvalue weighted by Crippen LogP contribution is 2.11. The summed E-state index contributed by atoms with van der Waals surface area (Å²) in [4.78, 5) is 0. The first-order valence-electron chi connectivity index (χ1n) is 5.08. The van der Waals surface area contributed by atoms with E-state index in [9.17, 15) is 5.11 Å². The number of aliphatic hydroxyl groups is 1. The van der Waals surface area contributed by atoms with E-state index in [0.717, 1.165) is 12.8 Å². The van der Waals surface area contributed by atoms with Gasteiger partial charge in [-0.3, -0.25) is 0 Å². The molecule has 1 aromatic carbocycles. The fourth-order valence-electron chi connectivity index (χ4n) is 1.38. The van der Waals surface area contributed by atoms with Gasteiger partial charge in [0.25, 0.3) is 0 Å². The van der Waals surface area contributed by atoms with Crippen LogP contribution >= 0.6 is 0 Å². The molecule has 0 aliphatic rings. The van der Waals surface area contributed by atoms with E-state index in [1.807, 2.05) is 25.1 Å². The summed E-state index contributed by atoms with van der Waals surface area (Å²) < 4.78 is 0. The number of hydrogen-bond acceptors (Lipinski definition) is 1. The molecule has 0 radical (unpaired) electrons. The lowest BCUT2D eigenvalue weighted by Crippen LogP contribution is -2.16. The van der Waals surface area contributed by atoms with Crippen LogP contribution in [-0.2, 0) is 6.42 Å². The number of benzene rings is 1. The molecule has 1 aromatic rings. The third-order valence-electron chi connectivity index (χ3n) is 2.55. The average Bonchev–Trinajstić information content (AvgIpc) is 2.26. The van der Waals surface area contributed by atoms with Gasteiger partial charge in [-0.1, -0.05) is 43.3 Å². The lowest BCUT2D eigenvalue weighted by molar-refractivity contribution is 0.129. The Morgan fingerprint density at radius 2 is 2.00 bits per heavy atom. The molecule has 0 aromatic heterocycles. The van der Waals surface area contributed by atoms with Gasteiger partial charge in [0.05, 0.1) is 6.10 Å². The predicted molar refractivity (Wildman–Crippen MR) is 60.1 cm³/mol. The zero-order chi connectivity index (χ0) is 10.4. The Bertz CT molecular complexity index is 266. The summed E-state index contributed by atoms with van der Waals surface area (Å²) in [6.07, 6.45) is 3.26. The Labute approximate surface area is 86.1 Å². The molecule has 0 aliphatic heterocycles. The zero-order valence-corrected chi connectivity index (χ0v) is 8.69. The lowest BCUT2D eigenvalue weighted by Gasteiger charge is -2.14. The second-order valence-corrected chi connectivity index (χ2v) is 3.69. The molecular formula is C13H18O. The molecule has 0 spiro atoms. The van der Waals surface area contributed by atoms with Crippen molar-refractivity contribution in [3.8, 4) is 0 Å². The van der Waals surface area contributed by atoms with Crippen molar-refractivity contribution in [3.63, 3.8) is 0 Å². The molecule has 0 bridgehead atoms. The predicted octanol–water partition coefficient (Wildman–Crippen LogP) is 2.80. The molecule has 1 nitrogen and oxygen atoms in total. The maximum atomic E-state index is 9.71. The molecule has 0 amide bonds. The van der Waals surface area contributed by atoms with Crippen molar-refractivity contribution < 1.29 is 5.11 Å². The molecule has 14 heavy (non-hydrogen) atoms. The van der Waals surface area contributed by atoms with E-state index in [1.54, 1.807) is 6.08 Å². The Kier molecular flexibility index (Phi) is 4.41. The Hall–Kier alpha value is -1.08. The fraction of sp³-hybridized carbons (Fsp3) is 0.385. The molecule has 0 saturated heterocycles. The third-order valence-corrected chi connectivity index (χ3v) is 2.55. The summed E-state index contributed by atoms with van der Waals surface area (Å²) >= 11 is 0. The monoisotopic (exact) mass is 190 g/mol. The minimum atomic E-state index is -0.271. The van der Waals surface area contributed by atoms with Gasteiger partial charge in [-0.15, -0.1) is 6.58 Å². The Morgan fingerprint density at radius 1 is 1.36 bits per heavy atom. The summed E-state index contributed by atoms with van der Waals surface area (Å²) in [5.41, 5.74) is 1.28. The number of hydrogen-bond donors (Lipinski definition) is 1. The normalized spacial score (nSPS) is 14.7. The first kappa shape index (κ1) is 11.0. The maximum absolute atomic E-state index is 9.71. The van der Waals surface area contributed by atoms with Gasteiger partial charge in [-0.25, -0.2) is 0 Å². The molecule has 1 rings (SSSR count). The molecule has 0 saturated carbocycles. The molecule has 1 heteroatoms. The molecule has 0 fully saturated rings. The van der Waals surface area contributed by atoms with Crippen molar-refractivity contribution in [1.82, 2.24) is 0 Å². The fourth-order valence-corrected chi connectivity index (χ4v) is 1.38. The third kappa shape index (κ3) is 3.35. The summed E-state index contributed by atoms with van der Waals surface area (Å²) in [7, 11) is 0. The van der Waals surface area contributed by atoms with Crippen LogP contribution in [-0.4, -0.2) is 11.2 Å². The van der Waals surface area contributed by atoms with Crippen LogP contribution < -0.4 is 0 Å². The van der Waals surface area contributed by atoms with Crippen molar-refractivity contribution >= 4 is 0 Å². The SMILES string of the molecule is C=C[C@@H](C)[C@@H](O)CCc1ccccc1. The van der Waals surface area contributed by atoms with Crippen LogP contribution in [0.4, 0.5) is 0 Å². The molecule has 0 aliphatic carbocycles. The van der Waals surface area contributed by atoms with Crippen LogP contribution in [0.5, 0.6) is 0 Å². The number of aryl methyl sites for hydroxylation is 1. The van der Waals surface area contributed by atoms with Gasteiger partial charge in [0.1, 0.15) is 0 Å². The molecule has 76 valence electrons. The molecule has 0 heterocycles. The standard InChI is InChI=1S/C13H18O/c1-3-11(2)13(14)10-9-12-7-5-4-6-8-12/h3-8,11,13-14H,1,9-10H2,2H3/t11-,13+/m1/s1. The summed E-state index contributed by atoms with van der Waals surface area (Å²) in [6, 6.07) is 10.2. The summed E-state index contributed by atoms with van der Waals surface area (Å²) in [5.74, 6) is 0.179. The van der Waals surface area contributed by atoms with Crippen LogP contribution in [0.15, 0.2) is 43.0 Å². The first-order valence-corrected chi connectivity index (χ1v) is 5.08. The van der Waals surface area contributed by atoms with Crippen molar-refractivity contribution in [3.05, 3.63) is 48.6 Å². The smallest absolute Gasteiger partial charge is 0.0603 e. The van der Waals surface area contributed by atoms with Gasteiger partial charge in [0.15, 0.2) is 0 Å². The highest BCUT2D eigenvalue weighted by Gasteiger charge is 2.09. The Balaban J connectivity index is 2.37. The van der Waals surface area contributed by atoms with E-state index >= 15 is 0 Å². The minimum Gasteiger partial charge on any atom is -0.393 e. The van der Waals surface area contributed by atoms with Crippen LogP contribution in [0.2, 0.25) is 0 Å². The van der Waals surface area contributed by atoms with Gasteiger partial charge in [0.2, 0.25) is 0 Å². The van der Waals surface area contributed by atoms with Gasteiger partial charge < -0.3 is 5.11 Å². The quantitative estimate of drug-likeness (QED) is 0.708. The van der Waals surface area contributed by atoms with Gasteiger partial charge in [0, 0.05) is 0 Å². The molecular weight excluding hydrogens is 172 g/mol. The first-order chi connectivity index (χ1) is 6.74. The second kappa shape index (κ2) is 5.61. The van der Waals surface area contributed by atoms with Crippen molar-refractivity contribution in [2.75, 3.05) is 0 Å². The van der Waals surface area contributed by atoms with Crippen LogP contribution in [0.1, 0.15) is 18.9 Å². The van der Waals surface area contributed by atoms with Crippen LogP contribution in [0.3, 0.4) is 0 Å². The van der Waals surface area contributed by atoms with Crippen molar-refractivity contribution in [1.29, 1.82) is 0 Å². The topological polar surface area (TPSA) is 20.2 Å². The molecule has 0 unspecified atom stereocenters. The van der Waals surface area contributed by atoms with E-state index in [0.29, 0.717) is 0 Å². The highest BCUT2D eigenvalue weighted by molar-refractivity contribution is 5.14. The Morgan fingerprint density at radius 3 is 2.57 bits per heavy atom. The van der Waals surface area contributed by atoms with Crippen molar-refractivity contribution in [2.24, 2.45) is 5.92 Å². The largest absolute Gasteiger partial charge is 0.393 e. The minimum absolute atomic E-state index is 0.179. The van der Waals surface area contributed by atoms with E-state index in [-0.39, 0.29) is 12.0 Å². The van der Waals surface area contributed by atoms with Crippen LogP contribution in [0.25, 0.3) is 0 Å². The van der Waals surface area contributed by atoms with Crippen molar-refractivity contribution in [2.45, 2.75) is 25.9 Å². The van der Waals surface area contributed by atoms with Gasteiger partial charge in [-0.05, 0) is 24.3 Å². The summed E-state index contributed by atoms with van der Waals surface area (Å²) in [6.45, 7) is 5.67. The maximum Gasteiger partial charge on any atom is 0.0603 e. The van der Waals surface area contributed by atoms with E-state index in [1.165, 1.54) is 5.56 Å². The number of aliphatic hydroxyl groups excluding tert-OH is 1.